The second kappa shape index (κ2) is 8.14. The van der Waals surface area contributed by atoms with E-state index in [1.807, 2.05) is 0 Å². The van der Waals surface area contributed by atoms with Crippen molar-refractivity contribution in [1.82, 2.24) is 20.2 Å². The fraction of sp³-hybridized carbons (Fsp3) is 0.286. The van der Waals surface area contributed by atoms with Crippen LogP contribution in [-0.4, -0.2) is 46.5 Å². The number of nitrogens with zero attached hydrogens (tertiary/aromatic N) is 3. The number of benzene rings is 1. The molecule has 0 aliphatic carbocycles. The number of hydrogen-bond acceptors (Lipinski definition) is 6. The van der Waals surface area contributed by atoms with Crippen LogP contribution in [-0.2, 0) is 0 Å². The Hall–Kier alpha value is -3.20. The van der Waals surface area contributed by atoms with Crippen LogP contribution in [0.3, 0.4) is 0 Å². The molecule has 162 valence electrons. The highest BCUT2D eigenvalue weighted by Crippen LogP contribution is 2.29. The third kappa shape index (κ3) is 4.18. The number of ether oxygens (including phenoxy) is 1. The largest absolute Gasteiger partial charge is 0.490 e. The van der Waals surface area contributed by atoms with Crippen LogP contribution in [0.5, 0.6) is 5.75 Å². The molecule has 3 heterocycles. The second-order valence-corrected chi connectivity index (χ2v) is 7.79. The van der Waals surface area contributed by atoms with Gasteiger partial charge >= 0.3 is 0 Å². The van der Waals surface area contributed by atoms with E-state index in [1.165, 1.54) is 17.0 Å². The predicted molar refractivity (Wildman–Crippen MR) is 112 cm³/mol. The Bertz CT molecular complexity index is 1110. The Kier molecular flexibility index (Phi) is 5.53. The van der Waals surface area contributed by atoms with Gasteiger partial charge < -0.3 is 20.7 Å². The summed E-state index contributed by atoms with van der Waals surface area (Å²) >= 11 is 6.15. The predicted octanol–water partition coefficient (Wildman–Crippen LogP) is 2.87. The molecular formula is C21H20ClF2N5O2. The molecule has 4 rings (SSSR count). The number of rotatable bonds is 5. The van der Waals surface area contributed by atoms with Gasteiger partial charge in [0.05, 0.1) is 40.8 Å². The lowest BCUT2D eigenvalue weighted by atomic mass is 10.1. The maximum absolute atomic E-state index is 13.8. The van der Waals surface area contributed by atoms with Crippen LogP contribution in [0, 0.1) is 19.7 Å². The minimum Gasteiger partial charge on any atom is -0.490 e. The van der Waals surface area contributed by atoms with Crippen molar-refractivity contribution >= 4 is 23.1 Å². The molecule has 0 radical (unpaired) electrons. The van der Waals surface area contributed by atoms with Gasteiger partial charge in [-0.3, -0.25) is 4.79 Å². The number of halogens is 3. The van der Waals surface area contributed by atoms with E-state index in [0.29, 0.717) is 45.5 Å². The lowest BCUT2D eigenvalue weighted by Crippen LogP contribution is -2.30. The Balaban J connectivity index is 1.53. The Morgan fingerprint density at radius 1 is 1.35 bits per heavy atom. The van der Waals surface area contributed by atoms with Gasteiger partial charge in [-0.1, -0.05) is 11.6 Å². The molecule has 10 heteroatoms. The molecule has 2 aromatic rings. The standard InChI is InChI=1S/C21H20ClF2N5O2/c1-10-19(22)11(2)27-20(26-10)14-7-29(8-15(14)25)21(30)13-4-3-12(24)5-18(13)31-9-17-16(6-23)28-17/h3-6,17,28H,7-9,25H2,1-2H3/b16-6-. The number of amides is 1. The molecule has 31 heavy (non-hydrogen) atoms. The summed E-state index contributed by atoms with van der Waals surface area (Å²) in [6, 6.07) is 3.39. The maximum Gasteiger partial charge on any atom is 0.258 e. The van der Waals surface area contributed by atoms with Crippen LogP contribution in [0.2, 0.25) is 5.02 Å². The molecule has 1 aromatic carbocycles. The zero-order valence-corrected chi connectivity index (χ0v) is 17.6. The van der Waals surface area contributed by atoms with Crippen LogP contribution in [0.1, 0.15) is 27.6 Å². The first-order valence-electron chi connectivity index (χ1n) is 9.55. The zero-order chi connectivity index (χ0) is 22.3. The smallest absolute Gasteiger partial charge is 0.258 e. The van der Waals surface area contributed by atoms with Gasteiger partial charge in [0.15, 0.2) is 5.82 Å². The van der Waals surface area contributed by atoms with Crippen molar-refractivity contribution < 1.29 is 18.3 Å². The Morgan fingerprint density at radius 2 is 2.06 bits per heavy atom. The summed E-state index contributed by atoms with van der Waals surface area (Å²) in [7, 11) is 0. The van der Waals surface area contributed by atoms with E-state index in [-0.39, 0.29) is 43.0 Å². The highest BCUT2D eigenvalue weighted by molar-refractivity contribution is 6.31. The zero-order valence-electron chi connectivity index (χ0n) is 16.9. The lowest BCUT2D eigenvalue weighted by Gasteiger charge is -2.19. The first-order chi connectivity index (χ1) is 14.8. The molecule has 0 saturated carbocycles. The van der Waals surface area contributed by atoms with Crippen LogP contribution < -0.4 is 15.8 Å². The minimum atomic E-state index is -0.545. The van der Waals surface area contributed by atoms with Gasteiger partial charge in [-0.2, -0.15) is 0 Å². The van der Waals surface area contributed by atoms with Gasteiger partial charge in [0.1, 0.15) is 30.5 Å². The van der Waals surface area contributed by atoms with Gasteiger partial charge in [0.25, 0.3) is 5.91 Å². The van der Waals surface area contributed by atoms with Gasteiger partial charge in [-0.15, -0.1) is 0 Å². The van der Waals surface area contributed by atoms with E-state index in [9.17, 15) is 13.6 Å². The molecule has 2 aliphatic heterocycles. The molecule has 1 saturated heterocycles. The molecule has 0 bridgehead atoms. The number of aromatic nitrogens is 2. The van der Waals surface area contributed by atoms with Crippen molar-refractivity contribution in [3.05, 3.63) is 69.5 Å². The SMILES string of the molecule is Cc1nc(C2=C(N)CN(C(=O)c3ccc(F)cc3OCC3N/C3=C\F)C2)nc(C)c1Cl. The van der Waals surface area contributed by atoms with Crippen molar-refractivity contribution in [2.24, 2.45) is 5.73 Å². The highest BCUT2D eigenvalue weighted by Gasteiger charge is 2.32. The third-order valence-electron chi connectivity index (χ3n) is 5.17. The number of carbonyl (C=O) groups excluding carboxylic acids is 1. The average Bonchev–Trinajstić information content (AvgIpc) is 3.40. The molecule has 0 spiro atoms. The van der Waals surface area contributed by atoms with E-state index < -0.39 is 5.82 Å². The number of nitrogens with two attached hydrogens (primary N) is 1. The average molecular weight is 448 g/mol. The van der Waals surface area contributed by atoms with Gasteiger partial charge in [-0.25, -0.2) is 18.7 Å². The van der Waals surface area contributed by atoms with E-state index in [4.69, 9.17) is 22.1 Å². The molecule has 1 unspecified atom stereocenters. The van der Waals surface area contributed by atoms with Crippen molar-refractivity contribution in [3.63, 3.8) is 0 Å². The first kappa shape index (κ1) is 21.0. The highest BCUT2D eigenvalue weighted by atomic mass is 35.5. The van der Waals surface area contributed by atoms with E-state index in [0.717, 1.165) is 6.07 Å². The monoisotopic (exact) mass is 447 g/mol. The van der Waals surface area contributed by atoms with Gasteiger partial charge in [0.2, 0.25) is 0 Å². The van der Waals surface area contributed by atoms with Crippen LogP contribution >= 0.6 is 11.6 Å². The summed E-state index contributed by atoms with van der Waals surface area (Å²) in [5, 5.41) is 3.26. The van der Waals surface area contributed by atoms with Crippen LogP contribution in [0.25, 0.3) is 5.57 Å². The molecule has 1 atom stereocenters. The minimum absolute atomic E-state index is 0.0717. The van der Waals surface area contributed by atoms with Crippen molar-refractivity contribution in [3.8, 4) is 5.75 Å². The van der Waals surface area contributed by atoms with E-state index in [2.05, 4.69) is 15.3 Å². The molecule has 3 N–H and O–H groups in total. The van der Waals surface area contributed by atoms with Gasteiger partial charge in [0, 0.05) is 17.3 Å². The summed E-state index contributed by atoms with van der Waals surface area (Å²) in [5.41, 5.74) is 9.13. The number of nitrogens with one attached hydrogen (secondary N) is 1. The summed E-state index contributed by atoms with van der Waals surface area (Å²) in [4.78, 5) is 23.5. The first-order valence-corrected chi connectivity index (χ1v) is 9.93. The Morgan fingerprint density at radius 3 is 2.71 bits per heavy atom. The molecular weight excluding hydrogens is 428 g/mol. The van der Waals surface area contributed by atoms with E-state index >= 15 is 0 Å². The summed E-state index contributed by atoms with van der Waals surface area (Å²) in [6.45, 7) is 3.99. The number of hydrogen-bond donors (Lipinski definition) is 2. The fourth-order valence-corrected chi connectivity index (χ4v) is 3.46. The van der Waals surface area contributed by atoms with Crippen LogP contribution in [0.15, 0.2) is 35.9 Å². The molecule has 1 fully saturated rings. The van der Waals surface area contributed by atoms with E-state index in [1.54, 1.807) is 13.8 Å². The summed E-state index contributed by atoms with van der Waals surface area (Å²) < 4.78 is 31.9. The Labute approximate surface area is 182 Å². The molecule has 7 nitrogen and oxygen atoms in total. The third-order valence-corrected chi connectivity index (χ3v) is 5.71. The summed E-state index contributed by atoms with van der Waals surface area (Å²) in [5.74, 6) is -0.413. The quantitative estimate of drug-likeness (QED) is 0.683. The topological polar surface area (TPSA) is 103 Å². The second-order valence-electron chi connectivity index (χ2n) is 7.41. The number of aryl methyl sites for hydroxylation is 2. The summed E-state index contributed by atoms with van der Waals surface area (Å²) in [6.07, 6.45) is 0.453. The molecule has 1 amide bonds. The molecule has 1 aromatic heterocycles. The number of carbonyl (C=O) groups is 1. The van der Waals surface area contributed by atoms with Crippen molar-refractivity contribution in [2.75, 3.05) is 19.7 Å². The van der Waals surface area contributed by atoms with Crippen molar-refractivity contribution in [2.45, 2.75) is 19.9 Å². The van der Waals surface area contributed by atoms with Gasteiger partial charge in [-0.05, 0) is 26.0 Å². The normalized spacial score (nSPS) is 19.1. The maximum atomic E-state index is 13.8. The fourth-order valence-electron chi connectivity index (χ4n) is 3.38. The lowest BCUT2D eigenvalue weighted by molar-refractivity contribution is 0.0794. The van der Waals surface area contributed by atoms with Crippen LogP contribution in [0.4, 0.5) is 8.78 Å². The van der Waals surface area contributed by atoms with Crippen molar-refractivity contribution in [1.29, 1.82) is 0 Å². The molecule has 2 aliphatic rings.